The molecule has 1 N–H and O–H groups in total. The smallest absolute Gasteiger partial charge is 0.231 e. The Hall–Kier alpha value is -2.69. The molecule has 1 saturated carbocycles. The van der Waals surface area contributed by atoms with E-state index < -0.39 is 0 Å². The van der Waals surface area contributed by atoms with E-state index in [9.17, 15) is 14.0 Å². The number of benzene rings is 2. The molecule has 28 heavy (non-hydrogen) atoms. The van der Waals surface area contributed by atoms with Gasteiger partial charge in [-0.1, -0.05) is 18.6 Å². The second-order valence-corrected chi connectivity index (χ2v) is 7.83. The summed E-state index contributed by atoms with van der Waals surface area (Å²) >= 11 is 0. The molecule has 0 spiro atoms. The molecule has 0 aromatic heterocycles. The SMILES string of the molecule is C[C@H](C(=O)Nc1ccc(F)cc1)c1ccc2c(c1)CCCN2C(=O)C1CCC1. The molecular weight excluding hydrogens is 355 g/mol. The Morgan fingerprint density at radius 3 is 2.54 bits per heavy atom. The van der Waals surface area contributed by atoms with E-state index in [1.54, 1.807) is 12.1 Å². The summed E-state index contributed by atoms with van der Waals surface area (Å²) in [7, 11) is 0. The predicted molar refractivity (Wildman–Crippen MR) is 108 cm³/mol. The lowest BCUT2D eigenvalue weighted by molar-refractivity contribution is -0.124. The predicted octanol–water partition coefficient (Wildman–Crippen LogP) is 4.65. The summed E-state index contributed by atoms with van der Waals surface area (Å²) in [4.78, 5) is 27.3. The molecule has 1 fully saturated rings. The summed E-state index contributed by atoms with van der Waals surface area (Å²) in [6, 6.07) is 11.7. The maximum Gasteiger partial charge on any atom is 0.231 e. The third kappa shape index (κ3) is 3.66. The van der Waals surface area contributed by atoms with E-state index in [0.29, 0.717) is 5.69 Å². The van der Waals surface area contributed by atoms with E-state index in [4.69, 9.17) is 0 Å². The van der Waals surface area contributed by atoms with Crippen LogP contribution in [0.2, 0.25) is 0 Å². The molecule has 4 nitrogen and oxygen atoms in total. The highest BCUT2D eigenvalue weighted by Crippen LogP contribution is 2.35. The van der Waals surface area contributed by atoms with Gasteiger partial charge in [-0.3, -0.25) is 9.59 Å². The van der Waals surface area contributed by atoms with Gasteiger partial charge >= 0.3 is 0 Å². The Balaban J connectivity index is 1.50. The zero-order valence-electron chi connectivity index (χ0n) is 16.1. The average molecular weight is 380 g/mol. The van der Waals surface area contributed by atoms with Crippen LogP contribution in [0.3, 0.4) is 0 Å². The first kappa shape index (κ1) is 18.7. The number of carbonyl (C=O) groups is 2. The van der Waals surface area contributed by atoms with Crippen molar-refractivity contribution < 1.29 is 14.0 Å². The van der Waals surface area contributed by atoms with E-state index in [-0.39, 0.29) is 29.5 Å². The fraction of sp³-hybridized carbons (Fsp3) is 0.391. The Kier molecular flexibility index (Phi) is 5.16. The largest absolute Gasteiger partial charge is 0.326 e. The molecule has 0 saturated heterocycles. The van der Waals surface area contributed by atoms with Crippen molar-refractivity contribution in [2.45, 2.75) is 44.9 Å². The molecule has 5 heteroatoms. The number of amides is 2. The van der Waals surface area contributed by atoms with Gasteiger partial charge in [0.15, 0.2) is 0 Å². The molecule has 1 aliphatic carbocycles. The van der Waals surface area contributed by atoms with Crippen LogP contribution in [0.1, 0.15) is 49.7 Å². The minimum Gasteiger partial charge on any atom is -0.326 e. The van der Waals surface area contributed by atoms with E-state index >= 15 is 0 Å². The third-order valence-electron chi connectivity index (χ3n) is 5.95. The number of aryl methyl sites for hydroxylation is 1. The molecule has 0 bridgehead atoms. The van der Waals surface area contributed by atoms with Crippen LogP contribution >= 0.6 is 0 Å². The summed E-state index contributed by atoms with van der Waals surface area (Å²) in [6.45, 7) is 2.64. The van der Waals surface area contributed by atoms with Crippen molar-refractivity contribution in [1.29, 1.82) is 0 Å². The van der Waals surface area contributed by atoms with Gasteiger partial charge in [0.25, 0.3) is 0 Å². The Bertz CT molecular complexity index is 890. The molecule has 2 aromatic rings. The van der Waals surface area contributed by atoms with Crippen LogP contribution in [-0.2, 0) is 16.0 Å². The number of anilines is 2. The summed E-state index contributed by atoms with van der Waals surface area (Å²) in [6.07, 6.45) is 5.03. The van der Waals surface area contributed by atoms with Crippen LogP contribution in [0, 0.1) is 11.7 Å². The Labute approximate surface area is 164 Å². The van der Waals surface area contributed by atoms with Crippen LogP contribution in [0.5, 0.6) is 0 Å². The van der Waals surface area contributed by atoms with Gasteiger partial charge in [0.05, 0.1) is 5.92 Å². The highest BCUT2D eigenvalue weighted by atomic mass is 19.1. The van der Waals surface area contributed by atoms with Gasteiger partial charge in [0, 0.05) is 23.8 Å². The maximum absolute atomic E-state index is 13.0. The zero-order valence-corrected chi connectivity index (χ0v) is 16.1. The fourth-order valence-corrected chi connectivity index (χ4v) is 3.93. The van der Waals surface area contributed by atoms with E-state index in [1.807, 2.05) is 24.0 Å². The molecule has 4 rings (SSSR count). The second kappa shape index (κ2) is 7.74. The van der Waals surface area contributed by atoms with Crippen molar-refractivity contribution in [2.24, 2.45) is 5.92 Å². The lowest BCUT2D eigenvalue weighted by Gasteiger charge is -2.35. The van der Waals surface area contributed by atoms with Gasteiger partial charge in [0.2, 0.25) is 11.8 Å². The van der Waals surface area contributed by atoms with Gasteiger partial charge in [-0.25, -0.2) is 4.39 Å². The van der Waals surface area contributed by atoms with E-state index in [0.717, 1.165) is 55.5 Å². The molecule has 2 aromatic carbocycles. The lowest BCUT2D eigenvalue weighted by atomic mass is 9.83. The van der Waals surface area contributed by atoms with Crippen molar-refractivity contribution in [1.82, 2.24) is 0 Å². The molecule has 0 unspecified atom stereocenters. The first-order chi connectivity index (χ1) is 13.5. The number of hydrogen-bond donors (Lipinski definition) is 1. The Morgan fingerprint density at radius 1 is 1.11 bits per heavy atom. The fourth-order valence-electron chi connectivity index (χ4n) is 3.93. The van der Waals surface area contributed by atoms with Crippen molar-refractivity contribution in [3.05, 3.63) is 59.4 Å². The van der Waals surface area contributed by atoms with Crippen molar-refractivity contribution in [3.63, 3.8) is 0 Å². The monoisotopic (exact) mass is 380 g/mol. The molecule has 2 aliphatic rings. The molecule has 0 radical (unpaired) electrons. The molecular formula is C23H25FN2O2. The minimum atomic E-state index is -0.340. The Morgan fingerprint density at radius 2 is 1.86 bits per heavy atom. The molecule has 1 atom stereocenters. The number of nitrogens with one attached hydrogen (secondary N) is 1. The van der Waals surface area contributed by atoms with Gasteiger partial charge in [-0.2, -0.15) is 0 Å². The first-order valence-corrected chi connectivity index (χ1v) is 10.0. The van der Waals surface area contributed by atoms with Gasteiger partial charge in [-0.05, 0) is 74.1 Å². The van der Waals surface area contributed by atoms with E-state index in [1.165, 1.54) is 12.1 Å². The van der Waals surface area contributed by atoms with Crippen LogP contribution in [0.15, 0.2) is 42.5 Å². The van der Waals surface area contributed by atoms with Gasteiger partial charge in [0.1, 0.15) is 5.82 Å². The summed E-state index contributed by atoms with van der Waals surface area (Å²) in [5.41, 5.74) is 3.64. The second-order valence-electron chi connectivity index (χ2n) is 7.83. The molecule has 1 heterocycles. The highest BCUT2D eigenvalue weighted by molar-refractivity contribution is 5.97. The number of hydrogen-bond acceptors (Lipinski definition) is 2. The van der Waals surface area contributed by atoms with Crippen molar-refractivity contribution in [2.75, 3.05) is 16.8 Å². The molecule has 146 valence electrons. The molecule has 2 amide bonds. The van der Waals surface area contributed by atoms with Crippen LogP contribution in [0.4, 0.5) is 15.8 Å². The van der Waals surface area contributed by atoms with E-state index in [2.05, 4.69) is 11.4 Å². The van der Waals surface area contributed by atoms with Crippen molar-refractivity contribution >= 4 is 23.2 Å². The normalized spacial score (nSPS) is 17.4. The van der Waals surface area contributed by atoms with Crippen LogP contribution in [-0.4, -0.2) is 18.4 Å². The van der Waals surface area contributed by atoms with Gasteiger partial charge < -0.3 is 10.2 Å². The number of nitrogens with zero attached hydrogens (tertiary/aromatic N) is 1. The number of rotatable bonds is 4. The zero-order chi connectivity index (χ0) is 19.7. The first-order valence-electron chi connectivity index (χ1n) is 10.0. The lowest BCUT2D eigenvalue weighted by Crippen LogP contribution is -2.41. The molecule has 1 aliphatic heterocycles. The quantitative estimate of drug-likeness (QED) is 0.840. The third-order valence-corrected chi connectivity index (χ3v) is 5.95. The summed E-state index contributed by atoms with van der Waals surface area (Å²) in [5, 5.41) is 2.83. The highest BCUT2D eigenvalue weighted by Gasteiger charge is 2.32. The van der Waals surface area contributed by atoms with Crippen molar-refractivity contribution in [3.8, 4) is 0 Å². The maximum atomic E-state index is 13.0. The standard InChI is InChI=1S/C23H25FN2O2/c1-15(22(27)25-20-10-8-19(24)9-11-20)17-7-12-21-18(14-17)6-3-13-26(21)23(28)16-4-2-5-16/h7-12,14-16H,2-6,13H2,1H3,(H,25,27)/t15-/m0/s1. The number of carbonyl (C=O) groups excluding carboxylic acids is 2. The van der Waals surface area contributed by atoms with Crippen LogP contribution < -0.4 is 10.2 Å². The topological polar surface area (TPSA) is 49.4 Å². The summed E-state index contributed by atoms with van der Waals surface area (Å²) < 4.78 is 13.0. The summed E-state index contributed by atoms with van der Waals surface area (Å²) in [5.74, 6) is -0.368. The number of halogens is 1. The number of fused-ring (bicyclic) bond motifs is 1. The average Bonchev–Trinajstić information content (AvgIpc) is 2.66. The van der Waals surface area contributed by atoms with Crippen LogP contribution in [0.25, 0.3) is 0 Å². The van der Waals surface area contributed by atoms with Gasteiger partial charge in [-0.15, -0.1) is 0 Å². The minimum absolute atomic E-state index is 0.134.